The van der Waals surface area contributed by atoms with Crippen molar-refractivity contribution in [1.29, 1.82) is 0 Å². The smallest absolute Gasteiger partial charge is 0.283 e. The number of aliphatic hydroxyl groups is 1. The third-order valence-corrected chi connectivity index (χ3v) is 16.0. The summed E-state index contributed by atoms with van der Waals surface area (Å²) < 4.78 is 58.8. The first-order valence-corrected chi connectivity index (χ1v) is 28.8. The minimum atomic E-state index is -5.51. The van der Waals surface area contributed by atoms with Crippen LogP contribution in [-0.2, 0) is 50.4 Å². The third-order valence-electron chi connectivity index (χ3n) is 14.8. The molecule has 15 N–H and O–H groups in total. The Labute approximate surface area is 520 Å². The molecule has 0 aromatic heterocycles. The molecular weight excluding hydrogens is 1270 g/mol. The molecule has 0 saturated heterocycles. The summed E-state index contributed by atoms with van der Waals surface area (Å²) in [5, 5.41) is 95.6. The number of hydrogen-bond donors (Lipinski definition) is 13. The number of carboxylic acids is 1. The van der Waals surface area contributed by atoms with Crippen molar-refractivity contribution >= 4 is 86.6 Å². The minimum Gasteiger partial charge on any atom is -0.716 e. The number of phenols is 5. The fourth-order valence-electron chi connectivity index (χ4n) is 10.5. The van der Waals surface area contributed by atoms with E-state index in [2.05, 4.69) is 41.8 Å². The highest BCUT2D eigenvalue weighted by Gasteiger charge is 2.41. The van der Waals surface area contributed by atoms with Crippen LogP contribution in [0, 0.1) is 0 Å². The Bertz CT molecular complexity index is 4390. The Hall–Kier alpha value is -10.3. The van der Waals surface area contributed by atoms with Gasteiger partial charge in [-0.25, -0.2) is 8.42 Å². The van der Waals surface area contributed by atoms with Crippen LogP contribution in [0.1, 0.15) is 75.3 Å². The number of ether oxygens (including phenoxy) is 3. The van der Waals surface area contributed by atoms with Gasteiger partial charge in [-0.15, -0.1) is 0 Å². The maximum atomic E-state index is 15.8. The van der Waals surface area contributed by atoms with Gasteiger partial charge in [0, 0.05) is 35.2 Å². The summed E-state index contributed by atoms with van der Waals surface area (Å²) in [4.78, 5) is 103. The quantitative estimate of drug-likeness (QED) is 0.0893. The molecule has 17 bridgehead atoms. The molecule has 32 heteroatoms. The highest BCUT2D eigenvalue weighted by atomic mass is 35.5. The van der Waals surface area contributed by atoms with Crippen molar-refractivity contribution < 1.29 is 106 Å². The van der Waals surface area contributed by atoms with Gasteiger partial charge in [-0.05, 0) is 118 Å². The monoisotopic (exact) mass is 1310 g/mol. The second kappa shape index (κ2) is 23.7. The zero-order chi connectivity index (χ0) is 64.5. The molecule has 6 aliphatic rings. The van der Waals surface area contributed by atoms with Gasteiger partial charge in [0.15, 0.2) is 29.0 Å². The summed E-state index contributed by atoms with van der Waals surface area (Å²) in [7, 11) is -5.51. The van der Waals surface area contributed by atoms with Gasteiger partial charge in [-0.2, -0.15) is 0 Å². The van der Waals surface area contributed by atoms with E-state index < -0.39 is 197 Å². The van der Waals surface area contributed by atoms with Gasteiger partial charge < -0.3 is 101 Å². The molecule has 6 heterocycles. The summed E-state index contributed by atoms with van der Waals surface area (Å²) in [5.74, 6) is -17.3. The van der Waals surface area contributed by atoms with Crippen LogP contribution >= 0.6 is 34.8 Å². The molecular formula is C58H43Cl3N7O21S-. The minimum absolute atomic E-state index is 0.0164. The summed E-state index contributed by atoms with van der Waals surface area (Å²) >= 11 is 20.3. The van der Waals surface area contributed by atoms with E-state index in [9.17, 15) is 67.9 Å². The number of carboxylic acid groups (broad SMARTS) is 1. The molecule has 0 aliphatic carbocycles. The van der Waals surface area contributed by atoms with Crippen LogP contribution in [0.15, 0.2) is 109 Å². The van der Waals surface area contributed by atoms with Gasteiger partial charge in [0.25, 0.3) is 16.3 Å². The van der Waals surface area contributed by atoms with Gasteiger partial charge in [0.05, 0.1) is 27.1 Å². The van der Waals surface area contributed by atoms with Crippen molar-refractivity contribution in [3.8, 4) is 80.1 Å². The van der Waals surface area contributed by atoms with Crippen molar-refractivity contribution in [2.75, 3.05) is 0 Å². The largest absolute Gasteiger partial charge is 0.716 e. The van der Waals surface area contributed by atoms with Gasteiger partial charge >= 0.3 is 0 Å². The van der Waals surface area contributed by atoms with Crippen LogP contribution in [-0.4, -0.2) is 97.1 Å². The van der Waals surface area contributed by atoms with E-state index >= 15 is 14.4 Å². The van der Waals surface area contributed by atoms with E-state index in [0.29, 0.717) is 0 Å². The summed E-state index contributed by atoms with van der Waals surface area (Å²) in [6, 6.07) is 4.61. The number of aromatic hydroxyl groups is 5. The molecule has 0 radical (unpaired) electrons. The Kier molecular flexibility index (Phi) is 16.2. The highest BCUT2D eigenvalue weighted by Crippen LogP contribution is 2.49. The molecule has 90 heavy (non-hydrogen) atoms. The number of phenolic OH excluding ortho intramolecular Hbond substituents is 5. The van der Waals surface area contributed by atoms with Gasteiger partial charge in [0.2, 0.25) is 35.3 Å². The Morgan fingerprint density at radius 2 is 1.12 bits per heavy atom. The molecule has 0 spiro atoms. The van der Waals surface area contributed by atoms with Crippen LogP contribution < -0.4 is 61.1 Å². The fourth-order valence-corrected chi connectivity index (χ4v) is 11.5. The lowest BCUT2D eigenvalue weighted by molar-refractivity contribution is -0.409. The van der Waals surface area contributed by atoms with Crippen molar-refractivity contribution in [3.05, 3.63) is 163 Å². The zero-order valence-electron chi connectivity index (χ0n) is 45.3. The maximum absolute atomic E-state index is 15.8. The number of carbonyl (C=O) groups excluding carboxylic acids is 7. The van der Waals surface area contributed by atoms with E-state index in [1.54, 1.807) is 0 Å². The molecule has 0 saturated carbocycles. The standard InChI is InChI=1S/C58H44Cl3N7O21S/c59-31-7-20-1-4-36(31)87-40-15-25-16-41(51(40)74)88-37-5-3-22(12-32(37)60)49(72)48-57(80)67-47(58(81)82)29-18-27(70)19-35(71)42(29)30-11-24(13-33(61)50(30)73)45(56(79)68-48)65-55(78)46(25)66-54(77)44-23-9-26(69)17-28(10-23)86-39-14-21(2-6-38(39)89-90(83,84)85)43(62)53(76)63-34(8-20)52(75)64-44/h1-7,9-19,34,43-49,69-74H,8,62H2,(H,63,76)(H,64,75)(H,65,78)(H,66,77)(H,67,80)(H,68,79)(H,81,82)(H,83,84,85)/p-1/t34-,43+,44+,45-,46-,47+,48+,49-/m1/s1. The number of amides is 6. The van der Waals surface area contributed by atoms with Crippen molar-refractivity contribution in [2.24, 2.45) is 0 Å². The molecule has 7 aromatic rings. The topological polar surface area (TPSA) is 458 Å². The molecule has 6 amide bonds. The second-order valence-electron chi connectivity index (χ2n) is 20.7. The number of halogens is 3. The average Bonchev–Trinajstić information content (AvgIpc) is 0.775. The van der Waals surface area contributed by atoms with Gasteiger partial charge in [0.1, 0.15) is 76.6 Å². The van der Waals surface area contributed by atoms with Crippen LogP contribution in [0.4, 0.5) is 0 Å². The van der Waals surface area contributed by atoms with Crippen LogP contribution in [0.3, 0.4) is 0 Å². The van der Waals surface area contributed by atoms with E-state index in [1.165, 1.54) is 24.3 Å². The molecule has 0 unspecified atom stereocenters. The molecule has 6 aliphatic heterocycles. The molecule has 7 aromatic carbocycles. The van der Waals surface area contributed by atoms with E-state index in [1.807, 2.05) is 0 Å². The number of carbonyl (C=O) groups is 7. The molecule has 28 nitrogen and oxygen atoms in total. The normalized spacial score (nSPS) is 21.6. The number of nitrogens with one attached hydrogen (secondary N) is 6. The highest BCUT2D eigenvalue weighted by molar-refractivity contribution is 7.81. The van der Waals surface area contributed by atoms with Gasteiger partial charge in [-0.3, -0.25) is 28.8 Å². The summed E-state index contributed by atoms with van der Waals surface area (Å²) in [5.41, 5.74) is 0.817. The van der Waals surface area contributed by atoms with E-state index in [0.717, 1.165) is 84.9 Å². The number of benzene rings is 7. The van der Waals surface area contributed by atoms with Gasteiger partial charge in [-0.1, -0.05) is 46.9 Å². The lowest BCUT2D eigenvalue weighted by atomic mass is 9.89. The Morgan fingerprint density at radius 3 is 1.76 bits per heavy atom. The predicted molar refractivity (Wildman–Crippen MR) is 305 cm³/mol. The third kappa shape index (κ3) is 12.2. The molecule has 464 valence electrons. The second-order valence-corrected chi connectivity index (χ2v) is 23.0. The molecule has 0 fully saturated rings. The number of quaternary nitrogens is 1. The number of fused-ring (bicyclic) bond motifs is 14. The maximum Gasteiger partial charge on any atom is 0.283 e. The van der Waals surface area contributed by atoms with Crippen LogP contribution in [0.5, 0.6) is 69.0 Å². The zero-order valence-corrected chi connectivity index (χ0v) is 48.4. The number of aliphatic hydroxyl groups excluding tert-OH is 1. The summed E-state index contributed by atoms with van der Waals surface area (Å²) in [6.07, 6.45) is -2.62. The lowest BCUT2D eigenvalue weighted by Crippen LogP contribution is -2.62. The first kappa shape index (κ1) is 61.4. The Morgan fingerprint density at radius 1 is 0.556 bits per heavy atom. The van der Waals surface area contributed by atoms with Crippen molar-refractivity contribution in [1.82, 2.24) is 31.9 Å². The van der Waals surface area contributed by atoms with Crippen molar-refractivity contribution in [3.63, 3.8) is 0 Å². The average molecular weight is 1310 g/mol. The number of hydrogen-bond acceptors (Lipinski definition) is 21. The molecule has 8 atom stereocenters. The lowest BCUT2D eigenvalue weighted by Gasteiger charge is -2.32. The first-order valence-electron chi connectivity index (χ1n) is 26.3. The SMILES string of the molecule is [NH3+][C@@H]1C(=O)N[C@@H]2Cc3ccc(c(Cl)c3)Oc3cc4cc(c3O)Oc3ccc(cc3Cl)[C@@H](O)[C@@H]3NC(=O)[C@H](NC(=O)[C@@H]4NC(=O)[C@@H](NC2=O)c2cc(O)cc(c2)Oc2cc1ccc2OS(=O)(=O)[O-])c1cc(Cl)c(O)c(c1)-c1c(O)cc(O)cc1[C@@H](C(=O)[O-])NC3=O. The fraction of sp³-hybridized carbons (Fsp3) is 0.155. The number of rotatable bonds is 3. The Balaban J connectivity index is 1.15. The predicted octanol–water partition coefficient (Wildman–Crippen LogP) is 2.72. The van der Waals surface area contributed by atoms with Crippen LogP contribution in [0.2, 0.25) is 15.1 Å². The molecule has 13 rings (SSSR count). The first-order chi connectivity index (χ1) is 42.6. The van der Waals surface area contributed by atoms with Crippen molar-refractivity contribution in [2.45, 2.75) is 54.8 Å². The van der Waals surface area contributed by atoms with E-state index in [4.69, 9.17) is 49.0 Å². The van der Waals surface area contributed by atoms with Crippen LogP contribution in [0.25, 0.3) is 11.1 Å². The van der Waals surface area contributed by atoms with E-state index in [-0.39, 0.29) is 43.8 Å². The summed E-state index contributed by atoms with van der Waals surface area (Å²) in [6.45, 7) is 0. The number of aliphatic carboxylic acids is 1.